The van der Waals surface area contributed by atoms with Gasteiger partial charge in [0.1, 0.15) is 11.6 Å². The van der Waals surface area contributed by atoms with E-state index in [2.05, 4.69) is 13.0 Å². The zero-order chi connectivity index (χ0) is 27.6. The molecule has 3 aliphatic rings. The van der Waals surface area contributed by atoms with E-state index in [1.807, 2.05) is 30.3 Å². The van der Waals surface area contributed by atoms with Crippen LogP contribution in [0.25, 0.3) is 11.1 Å². The average molecular weight is 545 g/mol. The maximum atomic E-state index is 15.3. The molecule has 0 radical (unpaired) electrons. The molecule has 212 valence electrons. The van der Waals surface area contributed by atoms with E-state index in [4.69, 9.17) is 0 Å². The molecule has 0 atom stereocenters. The minimum absolute atomic E-state index is 0.184. The van der Waals surface area contributed by atoms with Crippen molar-refractivity contribution >= 4 is 0 Å². The van der Waals surface area contributed by atoms with Gasteiger partial charge in [0, 0.05) is 11.5 Å². The maximum Gasteiger partial charge on any atom is 0.412 e. The van der Waals surface area contributed by atoms with Crippen LogP contribution in [0.1, 0.15) is 107 Å². The summed E-state index contributed by atoms with van der Waals surface area (Å²) < 4.78 is 66.6. The van der Waals surface area contributed by atoms with Crippen LogP contribution in [0, 0.1) is 29.5 Å². The molecule has 0 N–H and O–H groups in total. The van der Waals surface area contributed by atoms with Crippen LogP contribution in [0.4, 0.5) is 22.0 Å². The largest absolute Gasteiger partial charge is 0.412 e. The second kappa shape index (κ2) is 12.1. The molecule has 5 heteroatoms. The molecule has 2 aromatic rings. The number of allylic oxidation sites excluding steroid dienone is 2. The summed E-state index contributed by atoms with van der Waals surface area (Å²) in [6.45, 7) is 2.38. The first kappa shape index (κ1) is 28.4. The van der Waals surface area contributed by atoms with Gasteiger partial charge < -0.3 is 0 Å². The summed E-state index contributed by atoms with van der Waals surface area (Å²) in [5.74, 6) is 1.38. The minimum Gasteiger partial charge on any atom is -0.212 e. The van der Waals surface area contributed by atoms with E-state index in [1.54, 1.807) is 6.07 Å². The van der Waals surface area contributed by atoms with E-state index in [9.17, 15) is 17.6 Å². The smallest absolute Gasteiger partial charge is 0.212 e. The van der Waals surface area contributed by atoms with E-state index in [0.29, 0.717) is 37.2 Å². The maximum absolute atomic E-state index is 15.3. The molecule has 39 heavy (non-hydrogen) atoms. The van der Waals surface area contributed by atoms with Gasteiger partial charge in [0.25, 0.3) is 0 Å². The lowest BCUT2D eigenvalue weighted by atomic mass is 9.68. The van der Waals surface area contributed by atoms with Gasteiger partial charge in [-0.25, -0.2) is 8.78 Å². The molecule has 5 rings (SSSR count). The summed E-state index contributed by atoms with van der Waals surface area (Å²) in [6.07, 6.45) is 7.66. The third kappa shape index (κ3) is 7.13. The average Bonchev–Trinajstić information content (AvgIpc) is 2.93. The lowest BCUT2D eigenvalue weighted by Crippen LogP contribution is -2.24. The van der Waals surface area contributed by atoms with E-state index in [1.165, 1.54) is 38.5 Å². The second-order valence-electron chi connectivity index (χ2n) is 12.6. The van der Waals surface area contributed by atoms with Gasteiger partial charge in [0.2, 0.25) is 0 Å². The van der Waals surface area contributed by atoms with E-state index in [-0.39, 0.29) is 17.8 Å². The van der Waals surface area contributed by atoms with Gasteiger partial charge in [-0.15, -0.1) is 0 Å². The molecule has 0 aromatic heterocycles. The van der Waals surface area contributed by atoms with Crippen LogP contribution in [0.3, 0.4) is 0 Å². The Morgan fingerprint density at radius 3 is 1.77 bits per heavy atom. The Labute approximate surface area is 230 Å². The van der Waals surface area contributed by atoms with Crippen molar-refractivity contribution in [1.82, 2.24) is 0 Å². The molecule has 2 aromatic carbocycles. The fourth-order valence-electron chi connectivity index (χ4n) is 7.61. The number of rotatable bonds is 5. The summed E-state index contributed by atoms with van der Waals surface area (Å²) in [5, 5.41) is 0. The third-order valence-electron chi connectivity index (χ3n) is 10.1. The highest BCUT2D eigenvalue weighted by molar-refractivity contribution is 5.65. The Morgan fingerprint density at radius 1 is 0.692 bits per heavy atom. The molecule has 0 saturated heterocycles. The highest BCUT2D eigenvalue weighted by Gasteiger charge is 2.32. The van der Waals surface area contributed by atoms with Crippen molar-refractivity contribution in [3.8, 4) is 11.1 Å². The fraction of sp³-hybridized carbons (Fsp3) is 0.588. The summed E-state index contributed by atoms with van der Waals surface area (Å²) >= 11 is 0. The quantitative estimate of drug-likeness (QED) is 0.328. The summed E-state index contributed by atoms with van der Waals surface area (Å²) in [4.78, 5) is 0. The van der Waals surface area contributed by atoms with Gasteiger partial charge in [-0.05, 0) is 117 Å². The Kier molecular flexibility index (Phi) is 8.83. The first-order chi connectivity index (χ1) is 18.7. The standard InChI is InChI=1S/C34H41F5/c1-22-2-4-23(5-3-22)24-6-8-27(9-7-24)30-18-19-31(32(35)20-30)28-14-10-25(11-15-28)26-12-16-29(17-13-26)33(36)21-34(37,38)39/h10-11,14-15,18-24,26-27,29H,2-9,12-13,16-17H2,1H3/b33-21-. The van der Waals surface area contributed by atoms with Crippen LogP contribution in [0.2, 0.25) is 0 Å². The molecule has 0 spiro atoms. The van der Waals surface area contributed by atoms with Gasteiger partial charge >= 0.3 is 6.18 Å². The molecule has 3 fully saturated rings. The Hall–Kier alpha value is -2.17. The normalized spacial score (nSPS) is 30.8. The van der Waals surface area contributed by atoms with Crippen molar-refractivity contribution in [2.24, 2.45) is 23.7 Å². The van der Waals surface area contributed by atoms with Crippen LogP contribution < -0.4 is 0 Å². The van der Waals surface area contributed by atoms with Gasteiger partial charge in [-0.2, -0.15) is 13.2 Å². The van der Waals surface area contributed by atoms with Crippen molar-refractivity contribution in [3.05, 3.63) is 71.3 Å². The van der Waals surface area contributed by atoms with Crippen molar-refractivity contribution in [3.63, 3.8) is 0 Å². The van der Waals surface area contributed by atoms with Crippen molar-refractivity contribution in [2.75, 3.05) is 0 Å². The number of halogens is 5. The SMILES string of the molecule is CC1CCC(C2CCC(c3ccc(-c4ccc(C5CCC(/C(F)=C/C(F)(F)F)CC5)cc4)c(F)c3)CC2)CC1. The summed E-state index contributed by atoms with van der Waals surface area (Å²) in [5.41, 5.74) is 3.62. The topological polar surface area (TPSA) is 0 Å². The zero-order valence-corrected chi connectivity index (χ0v) is 23.0. The molecule has 3 saturated carbocycles. The lowest BCUT2D eigenvalue weighted by Gasteiger charge is -2.37. The van der Waals surface area contributed by atoms with E-state index in [0.717, 1.165) is 47.3 Å². The molecule has 0 bridgehead atoms. The molecule has 0 aliphatic heterocycles. The van der Waals surface area contributed by atoms with Crippen LogP contribution in [0.15, 0.2) is 54.4 Å². The second-order valence-corrected chi connectivity index (χ2v) is 12.6. The number of alkyl halides is 3. The highest BCUT2D eigenvalue weighted by Crippen LogP contribution is 2.45. The molecular weight excluding hydrogens is 503 g/mol. The van der Waals surface area contributed by atoms with Crippen molar-refractivity contribution in [1.29, 1.82) is 0 Å². The third-order valence-corrected chi connectivity index (χ3v) is 10.1. The lowest BCUT2D eigenvalue weighted by molar-refractivity contribution is -0.0820. The molecule has 0 amide bonds. The first-order valence-corrected chi connectivity index (χ1v) is 15.0. The van der Waals surface area contributed by atoms with Gasteiger partial charge in [-0.1, -0.05) is 56.2 Å². The molecule has 0 unspecified atom stereocenters. The number of hydrogen-bond acceptors (Lipinski definition) is 0. The summed E-state index contributed by atoms with van der Waals surface area (Å²) in [7, 11) is 0. The number of benzene rings is 2. The van der Waals surface area contributed by atoms with Crippen molar-refractivity contribution < 1.29 is 22.0 Å². The summed E-state index contributed by atoms with van der Waals surface area (Å²) in [6, 6.07) is 13.6. The molecule has 3 aliphatic carbocycles. The molecule has 0 heterocycles. The molecular formula is C34H41F5. The van der Waals surface area contributed by atoms with Gasteiger partial charge in [0.15, 0.2) is 0 Å². The van der Waals surface area contributed by atoms with Crippen LogP contribution >= 0.6 is 0 Å². The van der Waals surface area contributed by atoms with Crippen LogP contribution in [-0.2, 0) is 0 Å². The zero-order valence-electron chi connectivity index (χ0n) is 23.0. The van der Waals surface area contributed by atoms with Crippen molar-refractivity contribution in [2.45, 2.75) is 102 Å². The Balaban J connectivity index is 1.16. The van der Waals surface area contributed by atoms with Gasteiger partial charge in [0.05, 0.1) is 6.08 Å². The highest BCUT2D eigenvalue weighted by atomic mass is 19.4. The Bertz CT molecular complexity index is 1110. The monoisotopic (exact) mass is 544 g/mol. The van der Waals surface area contributed by atoms with E-state index >= 15 is 4.39 Å². The predicted octanol–water partition coefficient (Wildman–Crippen LogP) is 11.3. The minimum atomic E-state index is -4.61. The predicted molar refractivity (Wildman–Crippen MR) is 148 cm³/mol. The van der Waals surface area contributed by atoms with Crippen LogP contribution in [0.5, 0.6) is 0 Å². The van der Waals surface area contributed by atoms with Crippen LogP contribution in [-0.4, -0.2) is 6.18 Å². The number of hydrogen-bond donors (Lipinski definition) is 0. The van der Waals surface area contributed by atoms with Gasteiger partial charge in [-0.3, -0.25) is 0 Å². The first-order valence-electron chi connectivity index (χ1n) is 15.0. The molecule has 0 nitrogen and oxygen atoms in total. The van der Waals surface area contributed by atoms with E-state index < -0.39 is 17.9 Å². The fourth-order valence-corrected chi connectivity index (χ4v) is 7.61. The Morgan fingerprint density at radius 2 is 1.21 bits per heavy atom.